The van der Waals surface area contributed by atoms with Crippen LogP contribution >= 0.6 is 15.6 Å². The quantitative estimate of drug-likeness (QED) is 0.0169. The summed E-state index contributed by atoms with van der Waals surface area (Å²) in [5, 5.41) is 10.7. The molecule has 17 nitrogen and oxygen atoms in total. The van der Waals surface area contributed by atoms with Crippen molar-refractivity contribution in [3.63, 3.8) is 0 Å². The monoisotopic (exact) mass is 1650 g/mol. The molecule has 0 fully saturated rings. The smallest absolute Gasteiger partial charge is 0.462 e. The minimum atomic E-state index is -5.05. The van der Waals surface area contributed by atoms with Gasteiger partial charge < -0.3 is 33.8 Å². The molecule has 0 amide bonds. The highest BCUT2D eigenvalue weighted by Crippen LogP contribution is 2.45. The molecule has 0 heterocycles. The topological polar surface area (TPSA) is 237 Å². The van der Waals surface area contributed by atoms with Crippen LogP contribution in [0, 0.1) is 0 Å². The van der Waals surface area contributed by atoms with E-state index >= 15 is 0 Å². The number of carbonyl (C=O) groups excluding carboxylic acids is 4. The van der Waals surface area contributed by atoms with Crippen molar-refractivity contribution in [2.24, 2.45) is 0 Å². The SMILES string of the molecule is CC/C=C\C/C=C\C/C=C\C/C=C\C/C=C\C/C=C\CCC(=O)OC[C@H](COP(=O)(O)OCC(O)COP(=O)(O)OC[C@@H](COC(=O)CC/C=C\C/C=C\C/C=C\C/C=C\C/C=C\C/C=C\CC)OC(=O)CC/C=C\C/C=C\C/C=C\C/C=C\C/C=C\CCCCC)OC(=O)CC/C=C\C/C=C\C/C=C\C/C=C\C/C=C\CCCCC. The maximum atomic E-state index is 13.1. The number of carbonyl (C=O) groups is 4. The number of esters is 4. The van der Waals surface area contributed by atoms with Gasteiger partial charge in [-0.3, -0.25) is 37.3 Å². The Labute approximate surface area is 700 Å². The van der Waals surface area contributed by atoms with Gasteiger partial charge in [0.2, 0.25) is 0 Å². The number of rotatable bonds is 76. The maximum absolute atomic E-state index is 13.1. The van der Waals surface area contributed by atoms with E-state index in [1.54, 1.807) is 0 Å². The molecule has 116 heavy (non-hydrogen) atoms. The summed E-state index contributed by atoms with van der Waals surface area (Å²) in [7, 11) is -10.1. The van der Waals surface area contributed by atoms with E-state index in [1.165, 1.54) is 38.5 Å². The van der Waals surface area contributed by atoms with Gasteiger partial charge in [0, 0.05) is 25.7 Å². The molecular formula is C97H146O17P2. The zero-order chi connectivity index (χ0) is 84.5. The molecule has 19 heteroatoms. The minimum absolute atomic E-state index is 0.00459. The zero-order valence-electron chi connectivity index (χ0n) is 70.8. The number of aliphatic hydroxyl groups is 1. The summed E-state index contributed by atoms with van der Waals surface area (Å²) in [4.78, 5) is 73.2. The van der Waals surface area contributed by atoms with Crippen molar-refractivity contribution in [2.75, 3.05) is 39.6 Å². The molecule has 0 rings (SSSR count). The van der Waals surface area contributed by atoms with E-state index in [-0.39, 0.29) is 25.7 Å². The summed E-state index contributed by atoms with van der Waals surface area (Å²) >= 11 is 0. The Morgan fingerprint density at radius 1 is 0.250 bits per heavy atom. The maximum Gasteiger partial charge on any atom is 0.472 e. The van der Waals surface area contributed by atoms with E-state index in [9.17, 15) is 43.2 Å². The second-order valence-corrected chi connectivity index (χ2v) is 29.8. The van der Waals surface area contributed by atoms with Crippen molar-refractivity contribution in [1.82, 2.24) is 0 Å². The highest BCUT2D eigenvalue weighted by atomic mass is 31.2. The Kier molecular flexibility index (Phi) is 79.6. The van der Waals surface area contributed by atoms with Gasteiger partial charge in [0.15, 0.2) is 12.2 Å². The normalized spacial score (nSPS) is 15.1. The molecule has 0 spiro atoms. The first-order valence-electron chi connectivity index (χ1n) is 42.6. The molecule has 0 saturated carbocycles. The van der Waals surface area contributed by atoms with Crippen LogP contribution in [0.4, 0.5) is 0 Å². The van der Waals surface area contributed by atoms with Crippen LogP contribution in [0.3, 0.4) is 0 Å². The summed E-state index contributed by atoms with van der Waals surface area (Å²) in [5.74, 6) is -2.61. The molecule has 2 unspecified atom stereocenters. The molecule has 0 aromatic carbocycles. The average Bonchev–Trinajstić information content (AvgIpc) is 0.898. The van der Waals surface area contributed by atoms with Gasteiger partial charge >= 0.3 is 39.5 Å². The summed E-state index contributed by atoms with van der Waals surface area (Å²) in [5.41, 5.74) is 0. The van der Waals surface area contributed by atoms with Crippen LogP contribution in [0.1, 0.15) is 259 Å². The molecule has 0 aromatic heterocycles. The Bertz CT molecular complexity index is 3050. The molecule has 0 aromatic rings. The van der Waals surface area contributed by atoms with Crippen LogP contribution in [0.15, 0.2) is 267 Å². The Hall–Kier alpha value is -7.66. The second-order valence-electron chi connectivity index (χ2n) is 26.9. The lowest BCUT2D eigenvalue weighted by molar-refractivity contribution is -0.161. The molecule has 3 N–H and O–H groups in total. The largest absolute Gasteiger partial charge is 0.472 e. The van der Waals surface area contributed by atoms with Gasteiger partial charge in [-0.2, -0.15) is 0 Å². The minimum Gasteiger partial charge on any atom is -0.462 e. The van der Waals surface area contributed by atoms with Gasteiger partial charge in [0.1, 0.15) is 19.3 Å². The van der Waals surface area contributed by atoms with E-state index in [0.717, 1.165) is 116 Å². The number of aliphatic hydroxyl groups excluding tert-OH is 1. The predicted molar refractivity (Wildman–Crippen MR) is 481 cm³/mol. The molecule has 4 atom stereocenters. The number of unbranched alkanes of at least 4 members (excludes halogenated alkanes) is 6. The van der Waals surface area contributed by atoms with Crippen LogP contribution in [0.25, 0.3) is 0 Å². The standard InChI is InChI=1S/C97H146O17P2/c1-5-9-13-17-21-25-29-33-37-41-45-49-53-57-61-65-69-73-77-81-94(99)107-87-92(113-96(101)83-79-75-71-67-63-59-55-51-47-43-39-35-31-27-23-19-15-11-7-3)89-111-115(103,104)109-85-91(98)86-110-116(105,106)112-90-93(114-97(102)84-80-76-72-68-64-60-56-52-48-44-40-36-32-28-24-20-16-12-8-4)88-108-95(100)82-78-74-70-66-62-58-54-50-46-42-38-34-30-26-22-18-14-10-6-2/h9-10,13-14,21-28,33-40,45-52,57-64,69-76,91-93,98H,5-8,11-12,15-20,29-32,41-44,53-56,65-68,77-90H2,1-4H3,(H,103,104)(H,105,106)/b13-9-,14-10-,25-21-,26-22-,27-23-,28-24-,37-33-,38-34-,39-35-,40-36-,49-45-,50-46-,51-47-,52-48-,61-57-,62-58-,63-59-,64-60-,73-69-,74-70-,75-71-,76-72-/t92-,93-/m1/s1. The highest BCUT2D eigenvalue weighted by Gasteiger charge is 2.30. The summed E-state index contributed by atoms with van der Waals surface area (Å²) < 4.78 is 68.4. The van der Waals surface area contributed by atoms with Gasteiger partial charge in [-0.25, -0.2) is 9.13 Å². The third kappa shape index (κ3) is 84.3. The van der Waals surface area contributed by atoms with Gasteiger partial charge in [-0.05, 0) is 180 Å². The van der Waals surface area contributed by atoms with Crippen LogP contribution in [-0.2, 0) is 65.4 Å². The van der Waals surface area contributed by atoms with Gasteiger partial charge in [0.25, 0.3) is 0 Å². The first kappa shape index (κ1) is 108. The predicted octanol–water partition coefficient (Wildman–Crippen LogP) is 25.9. The molecular weight excluding hydrogens is 1500 g/mol. The van der Waals surface area contributed by atoms with Crippen molar-refractivity contribution in [3.8, 4) is 0 Å². The van der Waals surface area contributed by atoms with E-state index in [4.69, 9.17) is 37.0 Å². The summed E-state index contributed by atoms with van der Waals surface area (Å²) in [6.07, 6.45) is 116. The van der Waals surface area contributed by atoms with Crippen molar-refractivity contribution in [2.45, 2.75) is 277 Å². The average molecular weight is 1650 g/mol. The second kappa shape index (κ2) is 85.2. The highest BCUT2D eigenvalue weighted by molar-refractivity contribution is 7.47. The molecule has 0 bridgehead atoms. The fourth-order valence-corrected chi connectivity index (χ4v) is 11.4. The fourth-order valence-electron chi connectivity index (χ4n) is 9.82. The first-order chi connectivity index (χ1) is 56.7. The third-order valence-electron chi connectivity index (χ3n) is 16.2. The van der Waals surface area contributed by atoms with E-state index < -0.39 is 97.5 Å². The number of ether oxygens (including phenoxy) is 4. The van der Waals surface area contributed by atoms with Crippen molar-refractivity contribution >= 4 is 39.5 Å². The Morgan fingerprint density at radius 3 is 0.655 bits per heavy atom. The fraction of sp³-hybridized carbons (Fsp3) is 0.505. The van der Waals surface area contributed by atoms with Gasteiger partial charge in [-0.15, -0.1) is 0 Å². The zero-order valence-corrected chi connectivity index (χ0v) is 72.6. The molecule has 0 aliphatic rings. The summed E-state index contributed by atoms with van der Waals surface area (Å²) in [6, 6.07) is 0. The van der Waals surface area contributed by atoms with Crippen LogP contribution in [-0.4, -0.2) is 96.7 Å². The molecule has 0 aliphatic carbocycles. The van der Waals surface area contributed by atoms with Crippen molar-refractivity contribution in [1.29, 1.82) is 0 Å². The summed E-state index contributed by atoms with van der Waals surface area (Å²) in [6.45, 7) is 4.19. The lowest BCUT2D eigenvalue weighted by Gasteiger charge is -2.21. The van der Waals surface area contributed by atoms with Crippen LogP contribution < -0.4 is 0 Å². The number of phosphoric acid groups is 2. The third-order valence-corrected chi connectivity index (χ3v) is 18.1. The van der Waals surface area contributed by atoms with Crippen molar-refractivity contribution < 1.29 is 80.2 Å². The lowest BCUT2D eigenvalue weighted by atomic mass is 10.2. The van der Waals surface area contributed by atoms with E-state index in [2.05, 4.69) is 222 Å². The van der Waals surface area contributed by atoms with Crippen LogP contribution in [0.2, 0.25) is 0 Å². The number of hydrogen-bond donors (Lipinski definition) is 3. The molecule has 0 aliphatic heterocycles. The molecule has 0 saturated heterocycles. The molecule has 646 valence electrons. The number of phosphoric ester groups is 2. The molecule has 0 radical (unpaired) electrons. The van der Waals surface area contributed by atoms with Gasteiger partial charge in [0.05, 0.1) is 26.4 Å². The Morgan fingerprint density at radius 2 is 0.440 bits per heavy atom. The van der Waals surface area contributed by atoms with Crippen molar-refractivity contribution in [3.05, 3.63) is 267 Å². The Balaban J connectivity index is 5.70. The number of allylic oxidation sites excluding steroid dienone is 44. The first-order valence-corrected chi connectivity index (χ1v) is 45.6. The van der Waals surface area contributed by atoms with E-state index in [1.807, 2.05) is 72.9 Å². The lowest BCUT2D eigenvalue weighted by Crippen LogP contribution is -2.30. The number of hydrogen-bond acceptors (Lipinski definition) is 15. The van der Waals surface area contributed by atoms with E-state index in [0.29, 0.717) is 51.4 Å². The van der Waals surface area contributed by atoms with Crippen LogP contribution in [0.5, 0.6) is 0 Å². The van der Waals surface area contributed by atoms with Gasteiger partial charge in [-0.1, -0.05) is 321 Å².